The van der Waals surface area contributed by atoms with Gasteiger partial charge in [-0.1, -0.05) is 12.8 Å². The normalized spacial score (nSPS) is 15.4. The molecule has 25 heavy (non-hydrogen) atoms. The Morgan fingerprint density at radius 2 is 1.80 bits per heavy atom. The van der Waals surface area contributed by atoms with E-state index in [0.717, 1.165) is 31.7 Å². The molecule has 0 amide bonds. The maximum Gasteiger partial charge on any atom is 0.433 e. The van der Waals surface area contributed by atoms with Crippen LogP contribution in [-0.4, -0.2) is 16.0 Å². The molecule has 0 saturated heterocycles. The molecule has 2 aromatic rings. The molecular weight excluding hydrogens is 404 g/mol. The molecule has 4 nitrogen and oxygen atoms in total. The zero-order valence-electron chi connectivity index (χ0n) is 13.0. The molecule has 134 valence electrons. The molecule has 1 aromatic heterocycles. The van der Waals surface area contributed by atoms with Crippen molar-refractivity contribution in [3.63, 3.8) is 0 Å². The molecule has 0 radical (unpaired) electrons. The van der Waals surface area contributed by atoms with E-state index in [9.17, 15) is 17.6 Å². The second kappa shape index (κ2) is 7.15. The van der Waals surface area contributed by atoms with Crippen LogP contribution >= 0.6 is 15.9 Å². The summed E-state index contributed by atoms with van der Waals surface area (Å²) in [5.41, 5.74) is -0.762. The monoisotopic (exact) mass is 418 g/mol. The summed E-state index contributed by atoms with van der Waals surface area (Å²) in [6, 6.07) is 5.04. The molecule has 3 rings (SSSR count). The molecule has 0 aliphatic heterocycles. The number of alkyl halides is 3. The van der Waals surface area contributed by atoms with Crippen molar-refractivity contribution in [3.8, 4) is 0 Å². The number of rotatable bonds is 4. The van der Waals surface area contributed by atoms with Gasteiger partial charge >= 0.3 is 6.18 Å². The number of aromatic nitrogens is 2. The number of nitrogens with one attached hydrogen (secondary N) is 2. The summed E-state index contributed by atoms with van der Waals surface area (Å²) in [5, 5.41) is 5.65. The maximum atomic E-state index is 13.6. The standard InChI is InChI=1S/C16H15BrF4N4/c17-11-6-5-10(7-12(11)18)22-14-8-13(16(19,20)21)24-15(25-14)23-9-3-1-2-4-9/h5-9H,1-4H2,(H2,22,23,24,25). The SMILES string of the molecule is Fc1cc(Nc2cc(C(F)(F)F)nc(NC3CCCC3)n2)ccc1Br. The quantitative estimate of drug-likeness (QED) is 0.644. The Kier molecular flexibility index (Phi) is 5.12. The Labute approximate surface area is 150 Å². The van der Waals surface area contributed by atoms with E-state index in [4.69, 9.17) is 0 Å². The largest absolute Gasteiger partial charge is 0.433 e. The lowest BCUT2D eigenvalue weighted by atomic mass is 10.2. The summed E-state index contributed by atoms with van der Waals surface area (Å²) in [7, 11) is 0. The van der Waals surface area contributed by atoms with Gasteiger partial charge in [-0.3, -0.25) is 0 Å². The smallest absolute Gasteiger partial charge is 0.351 e. The van der Waals surface area contributed by atoms with Crippen molar-refractivity contribution in [1.82, 2.24) is 9.97 Å². The predicted molar refractivity (Wildman–Crippen MR) is 90.3 cm³/mol. The van der Waals surface area contributed by atoms with Gasteiger partial charge in [0.05, 0.1) is 4.47 Å². The first-order valence-corrected chi connectivity index (χ1v) is 8.55. The van der Waals surface area contributed by atoms with E-state index < -0.39 is 17.7 Å². The van der Waals surface area contributed by atoms with Gasteiger partial charge in [-0.2, -0.15) is 18.2 Å². The van der Waals surface area contributed by atoms with Crippen LogP contribution in [0.3, 0.4) is 0 Å². The zero-order chi connectivity index (χ0) is 18.0. The van der Waals surface area contributed by atoms with Gasteiger partial charge in [0.1, 0.15) is 11.6 Å². The van der Waals surface area contributed by atoms with E-state index in [1.54, 1.807) is 0 Å². The van der Waals surface area contributed by atoms with Crippen LogP contribution in [0.1, 0.15) is 31.4 Å². The van der Waals surface area contributed by atoms with Gasteiger partial charge in [0.2, 0.25) is 5.95 Å². The van der Waals surface area contributed by atoms with Crippen molar-refractivity contribution >= 4 is 33.4 Å². The van der Waals surface area contributed by atoms with Crippen LogP contribution in [0.4, 0.5) is 35.0 Å². The number of hydrogen-bond donors (Lipinski definition) is 2. The van der Waals surface area contributed by atoms with E-state index in [0.29, 0.717) is 5.69 Å². The number of anilines is 3. The third-order valence-corrected chi connectivity index (χ3v) is 4.54. The third kappa shape index (κ3) is 4.59. The summed E-state index contributed by atoms with van der Waals surface area (Å²) < 4.78 is 53.2. The fraction of sp³-hybridized carbons (Fsp3) is 0.375. The van der Waals surface area contributed by atoms with Crippen molar-refractivity contribution in [2.45, 2.75) is 37.9 Å². The van der Waals surface area contributed by atoms with E-state index in [-0.39, 0.29) is 22.3 Å². The van der Waals surface area contributed by atoms with Crippen molar-refractivity contribution < 1.29 is 17.6 Å². The molecule has 1 saturated carbocycles. The second-order valence-corrected chi connectivity index (χ2v) is 6.69. The predicted octanol–water partition coefficient (Wildman–Crippen LogP) is 5.50. The van der Waals surface area contributed by atoms with Crippen LogP contribution in [0, 0.1) is 5.82 Å². The molecule has 0 spiro atoms. The Bertz CT molecular complexity index is 760. The molecule has 1 fully saturated rings. The Morgan fingerprint density at radius 3 is 2.44 bits per heavy atom. The van der Waals surface area contributed by atoms with Crippen LogP contribution in [0.5, 0.6) is 0 Å². The summed E-state index contributed by atoms with van der Waals surface area (Å²) >= 11 is 3.03. The fourth-order valence-electron chi connectivity index (χ4n) is 2.70. The first-order valence-electron chi connectivity index (χ1n) is 7.76. The van der Waals surface area contributed by atoms with E-state index in [1.165, 1.54) is 18.2 Å². The van der Waals surface area contributed by atoms with E-state index >= 15 is 0 Å². The van der Waals surface area contributed by atoms with Crippen LogP contribution in [0.2, 0.25) is 0 Å². The fourth-order valence-corrected chi connectivity index (χ4v) is 2.94. The minimum Gasteiger partial charge on any atom is -0.351 e. The van der Waals surface area contributed by atoms with Gasteiger partial charge in [-0.05, 0) is 47.0 Å². The number of nitrogens with zero attached hydrogens (tertiary/aromatic N) is 2. The minimum atomic E-state index is -4.60. The zero-order valence-corrected chi connectivity index (χ0v) is 14.6. The molecule has 0 unspecified atom stereocenters. The lowest BCUT2D eigenvalue weighted by Crippen LogP contribution is -2.19. The van der Waals surface area contributed by atoms with Gasteiger partial charge in [0, 0.05) is 17.8 Å². The summed E-state index contributed by atoms with van der Waals surface area (Å²) in [5.74, 6) is -0.661. The highest BCUT2D eigenvalue weighted by atomic mass is 79.9. The van der Waals surface area contributed by atoms with Gasteiger partial charge in [0.25, 0.3) is 0 Å². The maximum absolute atomic E-state index is 13.6. The highest BCUT2D eigenvalue weighted by Gasteiger charge is 2.34. The topological polar surface area (TPSA) is 49.8 Å². The molecule has 1 heterocycles. The van der Waals surface area contributed by atoms with Gasteiger partial charge < -0.3 is 10.6 Å². The summed E-state index contributed by atoms with van der Waals surface area (Å²) in [4.78, 5) is 7.66. The summed E-state index contributed by atoms with van der Waals surface area (Å²) in [6.45, 7) is 0. The average Bonchev–Trinajstić information content (AvgIpc) is 3.03. The Hall–Kier alpha value is -1.90. The molecule has 0 bridgehead atoms. The number of benzene rings is 1. The van der Waals surface area contributed by atoms with Gasteiger partial charge in [0.15, 0.2) is 5.69 Å². The van der Waals surface area contributed by atoms with Crippen LogP contribution in [0.15, 0.2) is 28.7 Å². The molecule has 1 aliphatic carbocycles. The average molecular weight is 419 g/mol. The molecule has 9 heteroatoms. The van der Waals surface area contributed by atoms with Gasteiger partial charge in [-0.15, -0.1) is 0 Å². The first kappa shape index (κ1) is 17.9. The summed E-state index contributed by atoms with van der Waals surface area (Å²) in [6.07, 6.45) is -0.795. The molecule has 2 N–H and O–H groups in total. The highest BCUT2D eigenvalue weighted by molar-refractivity contribution is 9.10. The lowest BCUT2D eigenvalue weighted by molar-refractivity contribution is -0.141. The third-order valence-electron chi connectivity index (χ3n) is 3.90. The Balaban J connectivity index is 1.89. The molecule has 1 aromatic carbocycles. The van der Waals surface area contributed by atoms with Crippen molar-refractivity contribution in [2.75, 3.05) is 10.6 Å². The van der Waals surface area contributed by atoms with Crippen LogP contribution < -0.4 is 10.6 Å². The number of hydrogen-bond acceptors (Lipinski definition) is 4. The van der Waals surface area contributed by atoms with E-state index in [2.05, 4.69) is 36.5 Å². The van der Waals surface area contributed by atoms with Crippen molar-refractivity contribution in [1.29, 1.82) is 0 Å². The van der Waals surface area contributed by atoms with E-state index in [1.807, 2.05) is 0 Å². The second-order valence-electron chi connectivity index (χ2n) is 5.84. The Morgan fingerprint density at radius 1 is 1.08 bits per heavy atom. The number of halogens is 5. The molecule has 1 aliphatic rings. The van der Waals surface area contributed by atoms with Crippen LogP contribution in [0.25, 0.3) is 0 Å². The van der Waals surface area contributed by atoms with Crippen molar-refractivity contribution in [3.05, 3.63) is 40.2 Å². The lowest BCUT2D eigenvalue weighted by Gasteiger charge is -2.16. The minimum absolute atomic E-state index is 0.0513. The first-order chi connectivity index (χ1) is 11.8. The van der Waals surface area contributed by atoms with Crippen LogP contribution in [-0.2, 0) is 6.18 Å². The molecule has 0 atom stereocenters. The molecular formula is C16H15BrF4N4. The highest BCUT2D eigenvalue weighted by Crippen LogP contribution is 2.31. The van der Waals surface area contributed by atoms with Crippen molar-refractivity contribution in [2.24, 2.45) is 0 Å². The van der Waals surface area contributed by atoms with Gasteiger partial charge in [-0.25, -0.2) is 9.37 Å².